The van der Waals surface area contributed by atoms with E-state index in [4.69, 9.17) is 4.74 Å². The Balaban J connectivity index is 2.59. The van der Waals surface area contributed by atoms with E-state index in [1.807, 2.05) is 65.2 Å². The van der Waals surface area contributed by atoms with Crippen LogP contribution in [-0.2, 0) is 16.1 Å². The second kappa shape index (κ2) is 10.1. The summed E-state index contributed by atoms with van der Waals surface area (Å²) < 4.78 is 5.23. The van der Waals surface area contributed by atoms with Gasteiger partial charge >= 0.3 is 5.97 Å². The third-order valence-electron chi connectivity index (χ3n) is 5.02. The number of carbonyl (C=O) groups excluding carboxylic acids is 1. The van der Waals surface area contributed by atoms with Gasteiger partial charge in [-0.05, 0) is 54.7 Å². The van der Waals surface area contributed by atoms with Crippen LogP contribution in [0.4, 0.5) is 11.4 Å². The number of aryl methyl sites for hydroxylation is 1. The number of hydrogen-bond donors (Lipinski definition) is 4. The summed E-state index contributed by atoms with van der Waals surface area (Å²) in [7, 11) is 3.69. The van der Waals surface area contributed by atoms with Gasteiger partial charge in [0.15, 0.2) is 0 Å². The second-order valence-electron chi connectivity index (χ2n) is 6.73. The number of aliphatic hydroxyl groups excluding tert-OH is 1. The molecule has 0 spiro atoms. The van der Waals surface area contributed by atoms with E-state index in [0.717, 1.165) is 39.2 Å². The molecule has 0 aromatic heterocycles. The largest absolute Gasteiger partial charge is 0.466 e. The summed E-state index contributed by atoms with van der Waals surface area (Å²) >= 11 is 0. The molecular weight excluding hydrogens is 354 g/mol. The van der Waals surface area contributed by atoms with Crippen LogP contribution >= 0.6 is 0 Å². The second-order valence-corrected chi connectivity index (χ2v) is 6.73. The van der Waals surface area contributed by atoms with E-state index >= 15 is 0 Å². The van der Waals surface area contributed by atoms with E-state index in [2.05, 4.69) is 16.2 Å². The van der Waals surface area contributed by atoms with E-state index in [1.165, 1.54) is 0 Å². The number of ether oxygens (including phenoxy) is 1. The molecule has 0 heterocycles. The zero-order valence-electron chi connectivity index (χ0n) is 17.3. The molecule has 1 atom stereocenters. The van der Waals surface area contributed by atoms with E-state index in [-0.39, 0.29) is 24.9 Å². The minimum absolute atomic E-state index is 0.0317. The minimum Gasteiger partial charge on any atom is -0.466 e. The SMILES string of the molecule is CCOC(=O)C[C@H](c1ccc(C)c(CO)c1)c1ccc(NC)c(NNC)c1C. The molecule has 0 unspecified atom stereocenters. The van der Waals surface area contributed by atoms with Gasteiger partial charge in [-0.1, -0.05) is 24.3 Å². The van der Waals surface area contributed by atoms with Gasteiger partial charge in [-0.15, -0.1) is 0 Å². The summed E-state index contributed by atoms with van der Waals surface area (Å²) in [6, 6.07) is 10.0. The molecule has 0 aliphatic rings. The lowest BCUT2D eigenvalue weighted by atomic mass is 9.84. The van der Waals surface area contributed by atoms with Crippen LogP contribution in [0, 0.1) is 13.8 Å². The first-order valence-corrected chi connectivity index (χ1v) is 9.56. The van der Waals surface area contributed by atoms with Crippen molar-refractivity contribution in [2.75, 3.05) is 31.4 Å². The standard InChI is InChI=1S/C22H31N3O3/c1-6-28-21(27)12-19(16-8-7-14(2)17(11-16)13-26)18-9-10-20(23-4)22(15(18)3)25-24-5/h7-11,19,23-26H,6,12-13H2,1-5H3/t19-/m1/s1. The van der Waals surface area contributed by atoms with Gasteiger partial charge in [0.25, 0.3) is 0 Å². The van der Waals surface area contributed by atoms with Crippen molar-refractivity contribution in [3.63, 3.8) is 0 Å². The van der Waals surface area contributed by atoms with Crippen molar-refractivity contribution in [2.45, 2.75) is 39.7 Å². The quantitative estimate of drug-likeness (QED) is 0.391. The van der Waals surface area contributed by atoms with Crippen LogP contribution in [0.1, 0.15) is 47.1 Å². The number of nitrogens with one attached hydrogen (secondary N) is 3. The zero-order valence-corrected chi connectivity index (χ0v) is 17.3. The average Bonchev–Trinajstić information content (AvgIpc) is 2.69. The predicted molar refractivity (Wildman–Crippen MR) is 114 cm³/mol. The molecule has 2 aromatic carbocycles. The number of hydrogen-bond acceptors (Lipinski definition) is 6. The highest BCUT2D eigenvalue weighted by Crippen LogP contribution is 2.37. The molecule has 0 radical (unpaired) electrons. The maximum Gasteiger partial charge on any atom is 0.306 e. The summed E-state index contributed by atoms with van der Waals surface area (Å²) in [6.45, 7) is 6.14. The maximum atomic E-state index is 12.4. The topological polar surface area (TPSA) is 82.6 Å². The molecule has 6 heteroatoms. The Kier molecular flexibility index (Phi) is 7.84. The third kappa shape index (κ3) is 4.82. The van der Waals surface area contributed by atoms with Crippen LogP contribution in [-0.4, -0.2) is 31.8 Å². The molecule has 0 saturated heterocycles. The summed E-state index contributed by atoms with van der Waals surface area (Å²) in [4.78, 5) is 12.4. The zero-order chi connectivity index (χ0) is 20.7. The molecule has 0 aliphatic heterocycles. The number of esters is 1. The van der Waals surface area contributed by atoms with Crippen molar-refractivity contribution in [2.24, 2.45) is 0 Å². The molecule has 6 nitrogen and oxygen atoms in total. The first kappa shape index (κ1) is 21.7. The van der Waals surface area contributed by atoms with Gasteiger partial charge in [0.1, 0.15) is 0 Å². The Morgan fingerprint density at radius 1 is 1.18 bits per heavy atom. The van der Waals surface area contributed by atoms with Gasteiger partial charge < -0.3 is 20.6 Å². The summed E-state index contributed by atoms with van der Waals surface area (Å²) in [5.41, 5.74) is 13.0. The number of aliphatic hydroxyl groups is 1. The van der Waals surface area contributed by atoms with Crippen LogP contribution < -0.4 is 16.2 Å². The smallest absolute Gasteiger partial charge is 0.306 e. The van der Waals surface area contributed by atoms with Gasteiger partial charge in [-0.25, -0.2) is 5.43 Å². The summed E-state index contributed by atoms with van der Waals surface area (Å²) in [5, 5.41) is 12.9. The van der Waals surface area contributed by atoms with Crippen molar-refractivity contribution in [3.05, 3.63) is 58.1 Å². The third-order valence-corrected chi connectivity index (χ3v) is 5.02. The lowest BCUT2D eigenvalue weighted by Gasteiger charge is -2.24. The van der Waals surface area contributed by atoms with Gasteiger partial charge in [0.2, 0.25) is 0 Å². The average molecular weight is 386 g/mol. The molecule has 152 valence electrons. The van der Waals surface area contributed by atoms with Gasteiger partial charge in [-0.2, -0.15) is 0 Å². The van der Waals surface area contributed by atoms with Crippen LogP contribution in [0.2, 0.25) is 0 Å². The molecule has 4 N–H and O–H groups in total. The Morgan fingerprint density at radius 2 is 1.93 bits per heavy atom. The number of anilines is 2. The molecule has 0 fully saturated rings. The van der Waals surface area contributed by atoms with Crippen LogP contribution in [0.15, 0.2) is 30.3 Å². The van der Waals surface area contributed by atoms with Crippen molar-refractivity contribution in [3.8, 4) is 0 Å². The van der Waals surface area contributed by atoms with Crippen LogP contribution in [0.3, 0.4) is 0 Å². The number of rotatable bonds is 9. The number of hydrazine groups is 1. The Labute approximate surface area is 167 Å². The van der Waals surface area contributed by atoms with E-state index in [1.54, 1.807) is 0 Å². The van der Waals surface area contributed by atoms with Gasteiger partial charge in [0.05, 0.1) is 31.0 Å². The van der Waals surface area contributed by atoms with E-state index in [0.29, 0.717) is 6.61 Å². The molecule has 28 heavy (non-hydrogen) atoms. The lowest BCUT2D eigenvalue weighted by Crippen LogP contribution is -2.19. The number of benzene rings is 2. The monoisotopic (exact) mass is 385 g/mol. The number of carbonyl (C=O) groups is 1. The highest BCUT2D eigenvalue weighted by molar-refractivity contribution is 5.76. The van der Waals surface area contributed by atoms with Crippen molar-refractivity contribution in [1.82, 2.24) is 5.43 Å². The maximum absolute atomic E-state index is 12.4. The van der Waals surface area contributed by atoms with Crippen LogP contribution in [0.5, 0.6) is 0 Å². The lowest BCUT2D eigenvalue weighted by molar-refractivity contribution is -0.143. The fourth-order valence-corrected chi connectivity index (χ4v) is 3.47. The molecule has 0 amide bonds. The Bertz CT molecular complexity index is 821. The summed E-state index contributed by atoms with van der Waals surface area (Å²) in [5.74, 6) is -0.410. The molecule has 0 bridgehead atoms. The Hall–Kier alpha value is -2.57. The first-order chi connectivity index (χ1) is 13.5. The highest BCUT2D eigenvalue weighted by Gasteiger charge is 2.23. The van der Waals surface area contributed by atoms with E-state index in [9.17, 15) is 9.90 Å². The molecule has 2 aromatic rings. The van der Waals surface area contributed by atoms with E-state index < -0.39 is 0 Å². The molecular formula is C22H31N3O3. The van der Waals surface area contributed by atoms with Crippen molar-refractivity contribution in [1.29, 1.82) is 0 Å². The van der Waals surface area contributed by atoms with Crippen molar-refractivity contribution < 1.29 is 14.6 Å². The van der Waals surface area contributed by atoms with Gasteiger partial charge in [0, 0.05) is 20.0 Å². The first-order valence-electron chi connectivity index (χ1n) is 9.56. The molecule has 2 rings (SSSR count). The fourth-order valence-electron chi connectivity index (χ4n) is 3.47. The predicted octanol–water partition coefficient (Wildman–Crippen LogP) is 3.47. The van der Waals surface area contributed by atoms with Crippen molar-refractivity contribution >= 4 is 17.3 Å². The molecule has 0 aliphatic carbocycles. The summed E-state index contributed by atoms with van der Waals surface area (Å²) in [6.07, 6.45) is 0.237. The minimum atomic E-state index is -0.237. The Morgan fingerprint density at radius 3 is 2.54 bits per heavy atom. The normalized spacial score (nSPS) is 11.8. The van der Waals surface area contributed by atoms with Crippen LogP contribution in [0.25, 0.3) is 0 Å². The van der Waals surface area contributed by atoms with Gasteiger partial charge in [-0.3, -0.25) is 4.79 Å². The fraction of sp³-hybridized carbons (Fsp3) is 0.409. The molecule has 0 saturated carbocycles. The highest BCUT2D eigenvalue weighted by atomic mass is 16.5.